The van der Waals surface area contributed by atoms with Gasteiger partial charge in [0.2, 0.25) is 11.8 Å². The highest BCUT2D eigenvalue weighted by Crippen LogP contribution is 2.15. The van der Waals surface area contributed by atoms with Crippen molar-refractivity contribution in [1.29, 1.82) is 0 Å². The van der Waals surface area contributed by atoms with E-state index in [-0.39, 0.29) is 11.8 Å². The molecule has 0 radical (unpaired) electrons. The van der Waals surface area contributed by atoms with E-state index in [1.807, 2.05) is 74.5 Å². The van der Waals surface area contributed by atoms with Gasteiger partial charge in [-0.15, -0.1) is 0 Å². The molecule has 0 bridgehead atoms. The Morgan fingerprint density at radius 1 is 0.920 bits per heavy atom. The van der Waals surface area contributed by atoms with Gasteiger partial charge in [-0.1, -0.05) is 67.6 Å². The smallest absolute Gasteiger partial charge is 0.243 e. The lowest BCUT2D eigenvalue weighted by Crippen LogP contribution is -2.50. The van der Waals surface area contributed by atoms with Crippen LogP contribution in [0.1, 0.15) is 31.4 Å². The molecule has 4 heteroatoms. The van der Waals surface area contributed by atoms with Gasteiger partial charge in [-0.05, 0) is 18.1 Å². The van der Waals surface area contributed by atoms with Gasteiger partial charge in [-0.3, -0.25) is 9.59 Å². The van der Waals surface area contributed by atoms with Crippen LogP contribution in [0.25, 0.3) is 0 Å². The minimum Gasteiger partial charge on any atom is -0.355 e. The molecule has 0 saturated heterocycles. The number of rotatable bonds is 8. The molecule has 0 spiro atoms. The number of nitrogens with zero attached hydrogens (tertiary/aromatic N) is 1. The lowest BCUT2D eigenvalue weighted by molar-refractivity contribution is -0.141. The molecule has 4 nitrogen and oxygen atoms in total. The molecule has 0 aliphatic heterocycles. The molecule has 0 fully saturated rings. The van der Waals surface area contributed by atoms with Crippen LogP contribution in [0.5, 0.6) is 0 Å². The van der Waals surface area contributed by atoms with E-state index in [1.54, 1.807) is 4.90 Å². The van der Waals surface area contributed by atoms with Gasteiger partial charge in [0.15, 0.2) is 0 Å². The summed E-state index contributed by atoms with van der Waals surface area (Å²) in [5.41, 5.74) is 2.06. The third kappa shape index (κ3) is 5.45. The number of carbonyl (C=O) groups excluding carboxylic acids is 2. The first kappa shape index (κ1) is 18.7. The summed E-state index contributed by atoms with van der Waals surface area (Å²) in [5.74, 6) is -0.125. The highest BCUT2D eigenvalue weighted by Gasteiger charge is 2.29. The molecule has 2 amide bonds. The molecule has 0 aliphatic rings. The van der Waals surface area contributed by atoms with Crippen molar-refractivity contribution in [2.45, 2.75) is 39.3 Å². The number of hydrogen-bond acceptors (Lipinski definition) is 2. The zero-order valence-corrected chi connectivity index (χ0v) is 14.9. The monoisotopic (exact) mass is 338 g/mol. The van der Waals surface area contributed by atoms with Crippen LogP contribution in [-0.4, -0.2) is 29.3 Å². The molecule has 2 aromatic rings. The zero-order valence-electron chi connectivity index (χ0n) is 14.9. The fourth-order valence-corrected chi connectivity index (χ4v) is 2.83. The van der Waals surface area contributed by atoms with Gasteiger partial charge < -0.3 is 10.2 Å². The summed E-state index contributed by atoms with van der Waals surface area (Å²) in [7, 11) is 0. The van der Waals surface area contributed by atoms with Crippen LogP contribution in [0.4, 0.5) is 0 Å². The highest BCUT2D eigenvalue weighted by atomic mass is 16.2. The van der Waals surface area contributed by atoms with Crippen molar-refractivity contribution < 1.29 is 9.59 Å². The van der Waals surface area contributed by atoms with Crippen LogP contribution in [0, 0.1) is 0 Å². The molecular weight excluding hydrogens is 312 g/mol. The molecule has 25 heavy (non-hydrogen) atoms. The predicted molar refractivity (Wildman–Crippen MR) is 99.9 cm³/mol. The van der Waals surface area contributed by atoms with Crippen LogP contribution in [-0.2, 0) is 22.6 Å². The Morgan fingerprint density at radius 3 is 2.00 bits per heavy atom. The molecule has 132 valence electrons. The van der Waals surface area contributed by atoms with Crippen LogP contribution >= 0.6 is 0 Å². The molecular formula is C21H26N2O2. The molecule has 1 N–H and O–H groups in total. The van der Waals surface area contributed by atoms with Gasteiger partial charge >= 0.3 is 0 Å². The van der Waals surface area contributed by atoms with Gasteiger partial charge in [0.1, 0.15) is 6.04 Å². The average molecular weight is 338 g/mol. The van der Waals surface area contributed by atoms with Gasteiger partial charge in [-0.2, -0.15) is 0 Å². The largest absolute Gasteiger partial charge is 0.355 e. The lowest BCUT2D eigenvalue weighted by Gasteiger charge is -2.31. The second-order valence-corrected chi connectivity index (χ2v) is 5.96. The first-order valence-corrected chi connectivity index (χ1v) is 8.80. The maximum absolute atomic E-state index is 12.7. The summed E-state index contributed by atoms with van der Waals surface area (Å²) >= 11 is 0. The summed E-state index contributed by atoms with van der Waals surface area (Å²) in [6, 6.07) is 19.1. The highest BCUT2D eigenvalue weighted by molar-refractivity contribution is 5.87. The normalized spacial score (nSPS) is 11.6. The summed E-state index contributed by atoms with van der Waals surface area (Å²) in [6.07, 6.45) is 0.878. The van der Waals surface area contributed by atoms with Gasteiger partial charge in [0.25, 0.3) is 0 Å². The Labute approximate surface area is 149 Å². The molecule has 0 unspecified atom stereocenters. The summed E-state index contributed by atoms with van der Waals surface area (Å²) in [5, 5.41) is 2.88. The number of hydrogen-bond donors (Lipinski definition) is 1. The molecule has 2 aromatic carbocycles. The summed E-state index contributed by atoms with van der Waals surface area (Å²) in [4.78, 5) is 27.0. The number of benzene rings is 2. The lowest BCUT2D eigenvalue weighted by atomic mass is 10.0. The van der Waals surface area contributed by atoms with E-state index in [4.69, 9.17) is 0 Å². The second kappa shape index (κ2) is 9.62. The Balaban J connectivity index is 2.30. The Morgan fingerprint density at radius 2 is 1.48 bits per heavy atom. The fourth-order valence-electron chi connectivity index (χ4n) is 2.83. The minimum atomic E-state index is -0.519. The van der Waals surface area contributed by atoms with Crippen molar-refractivity contribution in [3.8, 4) is 0 Å². The van der Waals surface area contributed by atoms with Crippen molar-refractivity contribution in [3.05, 3.63) is 71.8 Å². The van der Waals surface area contributed by atoms with E-state index < -0.39 is 6.04 Å². The van der Waals surface area contributed by atoms with E-state index >= 15 is 0 Å². The van der Waals surface area contributed by atoms with E-state index in [2.05, 4.69) is 5.32 Å². The van der Waals surface area contributed by atoms with E-state index in [9.17, 15) is 9.59 Å². The fraction of sp³-hybridized carbons (Fsp3) is 0.333. The van der Waals surface area contributed by atoms with Crippen LogP contribution in [0.3, 0.4) is 0 Å². The van der Waals surface area contributed by atoms with E-state index in [0.29, 0.717) is 25.9 Å². The third-order valence-corrected chi connectivity index (χ3v) is 4.12. The van der Waals surface area contributed by atoms with Gasteiger partial charge in [0.05, 0.1) is 0 Å². The zero-order chi connectivity index (χ0) is 18.1. The minimum absolute atomic E-state index is 0.0176. The number of nitrogens with one attached hydrogen (secondary N) is 1. The topological polar surface area (TPSA) is 49.4 Å². The average Bonchev–Trinajstić information content (AvgIpc) is 2.65. The van der Waals surface area contributed by atoms with E-state index in [0.717, 1.165) is 11.1 Å². The van der Waals surface area contributed by atoms with Gasteiger partial charge in [0, 0.05) is 25.9 Å². The van der Waals surface area contributed by atoms with Gasteiger partial charge in [-0.25, -0.2) is 0 Å². The Hall–Kier alpha value is -2.62. The third-order valence-electron chi connectivity index (χ3n) is 4.12. The number of amides is 2. The molecule has 2 rings (SSSR count). The molecule has 1 atom stereocenters. The van der Waals surface area contributed by atoms with Crippen LogP contribution in [0.2, 0.25) is 0 Å². The van der Waals surface area contributed by atoms with Crippen molar-refractivity contribution in [2.24, 2.45) is 0 Å². The molecule has 0 aliphatic carbocycles. The van der Waals surface area contributed by atoms with Crippen molar-refractivity contribution in [2.75, 3.05) is 6.54 Å². The summed E-state index contributed by atoms with van der Waals surface area (Å²) in [6.45, 7) is 4.70. The Bertz CT molecular complexity index is 671. The Kier molecular flexibility index (Phi) is 7.20. The standard InChI is InChI=1S/C21H26N2O2/c1-3-20(24)23(16-18-13-9-6-10-14-18)19(21(25)22-4-2)15-17-11-7-5-8-12-17/h5-14,19H,3-4,15-16H2,1-2H3,(H,22,25)/t19-/m0/s1. The molecule has 0 aromatic heterocycles. The maximum atomic E-state index is 12.7. The first-order valence-electron chi connectivity index (χ1n) is 8.80. The number of likely N-dealkylation sites (N-methyl/N-ethyl adjacent to an activating group) is 1. The maximum Gasteiger partial charge on any atom is 0.243 e. The van der Waals surface area contributed by atoms with Crippen LogP contribution < -0.4 is 5.32 Å². The SMILES string of the molecule is CCNC(=O)[C@H](Cc1ccccc1)N(Cc1ccccc1)C(=O)CC. The molecule has 0 heterocycles. The quantitative estimate of drug-likeness (QED) is 0.804. The number of carbonyl (C=O) groups is 2. The van der Waals surface area contributed by atoms with Crippen LogP contribution in [0.15, 0.2) is 60.7 Å². The predicted octanol–water partition coefficient (Wildman–Crippen LogP) is 3.17. The second-order valence-electron chi connectivity index (χ2n) is 5.96. The van der Waals surface area contributed by atoms with Crippen molar-refractivity contribution in [3.63, 3.8) is 0 Å². The first-order chi connectivity index (χ1) is 12.2. The molecule has 0 saturated carbocycles. The summed E-state index contributed by atoms with van der Waals surface area (Å²) < 4.78 is 0. The van der Waals surface area contributed by atoms with Crippen molar-refractivity contribution >= 4 is 11.8 Å². The van der Waals surface area contributed by atoms with Crippen molar-refractivity contribution in [1.82, 2.24) is 10.2 Å². The van der Waals surface area contributed by atoms with E-state index in [1.165, 1.54) is 0 Å².